The van der Waals surface area contributed by atoms with Crippen LogP contribution in [-0.4, -0.2) is 29.1 Å². The topological polar surface area (TPSA) is 51.1 Å². The average Bonchev–Trinajstić information content (AvgIpc) is 3.19. The van der Waals surface area contributed by atoms with E-state index in [1.807, 2.05) is 86.7 Å². The molecule has 7 heteroatoms. The number of para-hydroxylation sites is 1. The normalized spacial score (nSPS) is 16.6. The number of thioether (sulfide) groups is 1. The van der Waals surface area contributed by atoms with Crippen molar-refractivity contribution in [1.29, 1.82) is 0 Å². The lowest BCUT2D eigenvalue weighted by molar-refractivity contribution is -0.123. The number of carbonyl (C=O) groups is 1. The first-order chi connectivity index (χ1) is 17.4. The van der Waals surface area contributed by atoms with Crippen LogP contribution in [0, 0.1) is 6.92 Å². The number of amidine groups is 1. The Labute approximate surface area is 221 Å². The monoisotopic (exact) mass is 520 g/mol. The molecule has 36 heavy (non-hydrogen) atoms. The lowest BCUT2D eigenvalue weighted by Crippen LogP contribution is -2.36. The predicted octanol–water partition coefficient (Wildman–Crippen LogP) is 7.64. The first kappa shape index (κ1) is 25.9. The van der Waals surface area contributed by atoms with Crippen LogP contribution in [0.5, 0.6) is 11.5 Å². The van der Waals surface area contributed by atoms with Crippen LogP contribution in [0.15, 0.2) is 76.6 Å². The molecule has 3 aromatic carbocycles. The van der Waals surface area contributed by atoms with Gasteiger partial charge in [-0.25, -0.2) is 4.99 Å². The van der Waals surface area contributed by atoms with E-state index in [2.05, 4.69) is 6.92 Å². The van der Waals surface area contributed by atoms with E-state index in [-0.39, 0.29) is 18.6 Å². The van der Waals surface area contributed by atoms with Gasteiger partial charge in [-0.2, -0.15) is 0 Å². The molecule has 0 saturated carbocycles. The number of hydrogen-bond donors (Lipinski definition) is 0. The SMILES string of the molecule is CC[C@@H](C)N1C(=O)/C(=C\c2cccc(OC)c2OCc2ccccc2Cl)SC1=Nc1ccc(C)cc1. The fraction of sp³-hybridized carbons (Fsp3) is 0.241. The van der Waals surface area contributed by atoms with Gasteiger partial charge in [0.05, 0.1) is 17.7 Å². The van der Waals surface area contributed by atoms with Crippen LogP contribution < -0.4 is 9.47 Å². The van der Waals surface area contributed by atoms with Crippen molar-refractivity contribution >= 4 is 46.2 Å². The Bertz CT molecular complexity index is 1300. The van der Waals surface area contributed by atoms with Gasteiger partial charge in [0.15, 0.2) is 16.7 Å². The van der Waals surface area contributed by atoms with Crippen LogP contribution >= 0.6 is 23.4 Å². The Kier molecular flexibility index (Phi) is 8.39. The minimum absolute atomic E-state index is 0.0151. The Morgan fingerprint density at radius 1 is 1.08 bits per heavy atom. The van der Waals surface area contributed by atoms with Crippen LogP contribution in [0.3, 0.4) is 0 Å². The maximum Gasteiger partial charge on any atom is 0.267 e. The van der Waals surface area contributed by atoms with Gasteiger partial charge in [-0.1, -0.05) is 66.6 Å². The first-order valence-electron chi connectivity index (χ1n) is 11.8. The average molecular weight is 521 g/mol. The number of rotatable bonds is 8. The molecule has 4 rings (SSSR count). The zero-order valence-corrected chi connectivity index (χ0v) is 22.4. The lowest BCUT2D eigenvalue weighted by atomic mass is 10.1. The second kappa shape index (κ2) is 11.7. The molecule has 1 aliphatic heterocycles. The summed E-state index contributed by atoms with van der Waals surface area (Å²) >= 11 is 7.69. The third-order valence-corrected chi connectivity index (χ3v) is 7.32. The molecule has 0 aromatic heterocycles. The Morgan fingerprint density at radius 3 is 2.53 bits per heavy atom. The molecule has 0 unspecified atom stereocenters. The molecule has 1 atom stereocenters. The number of aryl methyl sites for hydroxylation is 1. The molecule has 0 spiro atoms. The molecule has 1 fully saturated rings. The molecule has 1 saturated heterocycles. The molecule has 186 valence electrons. The van der Waals surface area contributed by atoms with Crippen LogP contribution in [-0.2, 0) is 11.4 Å². The van der Waals surface area contributed by atoms with E-state index in [0.717, 1.165) is 28.8 Å². The highest BCUT2D eigenvalue weighted by Crippen LogP contribution is 2.39. The van der Waals surface area contributed by atoms with Crippen LogP contribution in [0.4, 0.5) is 5.69 Å². The smallest absolute Gasteiger partial charge is 0.267 e. The van der Waals surface area contributed by atoms with Crippen molar-refractivity contribution in [2.24, 2.45) is 4.99 Å². The van der Waals surface area contributed by atoms with Gasteiger partial charge in [0, 0.05) is 22.2 Å². The highest BCUT2D eigenvalue weighted by molar-refractivity contribution is 8.18. The summed E-state index contributed by atoms with van der Waals surface area (Å²) in [6.45, 7) is 6.42. The van der Waals surface area contributed by atoms with E-state index < -0.39 is 0 Å². The first-order valence-corrected chi connectivity index (χ1v) is 13.0. The van der Waals surface area contributed by atoms with Crippen molar-refractivity contribution in [3.05, 3.63) is 93.3 Å². The number of aliphatic imine (C=N–C) groups is 1. The number of ether oxygens (including phenoxy) is 2. The summed E-state index contributed by atoms with van der Waals surface area (Å²) in [6, 6.07) is 21.2. The van der Waals surface area contributed by atoms with Crippen LogP contribution in [0.25, 0.3) is 6.08 Å². The highest BCUT2D eigenvalue weighted by Gasteiger charge is 2.36. The fourth-order valence-corrected chi connectivity index (χ4v) is 5.00. The van der Waals surface area contributed by atoms with Crippen molar-refractivity contribution in [3.8, 4) is 11.5 Å². The quantitative estimate of drug-likeness (QED) is 0.286. The predicted molar refractivity (Wildman–Crippen MR) is 149 cm³/mol. The summed E-state index contributed by atoms with van der Waals surface area (Å²) in [5, 5.41) is 1.31. The molecule has 0 radical (unpaired) electrons. The van der Waals surface area contributed by atoms with Gasteiger partial charge in [-0.05, 0) is 62.4 Å². The molecule has 0 bridgehead atoms. The van der Waals surface area contributed by atoms with Crippen molar-refractivity contribution in [1.82, 2.24) is 4.90 Å². The van der Waals surface area contributed by atoms with Crippen LogP contribution in [0.2, 0.25) is 5.02 Å². The molecule has 0 N–H and O–H groups in total. The molecule has 1 aliphatic rings. The van der Waals surface area contributed by atoms with Crippen molar-refractivity contribution in [2.45, 2.75) is 39.8 Å². The number of benzene rings is 3. The molecular formula is C29H29ClN2O3S. The van der Waals surface area contributed by atoms with Gasteiger partial charge in [-0.3, -0.25) is 9.69 Å². The Morgan fingerprint density at radius 2 is 1.83 bits per heavy atom. The van der Waals surface area contributed by atoms with E-state index in [1.54, 1.807) is 12.0 Å². The van der Waals surface area contributed by atoms with Crippen LogP contribution in [0.1, 0.15) is 37.0 Å². The number of hydrogen-bond acceptors (Lipinski definition) is 5. The van der Waals surface area contributed by atoms with Crippen molar-refractivity contribution in [2.75, 3.05) is 7.11 Å². The van der Waals surface area contributed by atoms with Crippen molar-refractivity contribution < 1.29 is 14.3 Å². The minimum atomic E-state index is -0.0694. The van der Waals surface area contributed by atoms with Gasteiger partial charge in [0.25, 0.3) is 5.91 Å². The minimum Gasteiger partial charge on any atom is -0.493 e. The number of nitrogens with zero attached hydrogens (tertiary/aromatic N) is 2. The zero-order valence-electron chi connectivity index (χ0n) is 20.8. The van der Waals surface area contributed by atoms with Gasteiger partial charge in [0.2, 0.25) is 0 Å². The van der Waals surface area contributed by atoms with Gasteiger partial charge >= 0.3 is 0 Å². The van der Waals surface area contributed by atoms with E-state index in [4.69, 9.17) is 26.1 Å². The van der Waals surface area contributed by atoms with Gasteiger partial charge in [-0.15, -0.1) is 0 Å². The molecule has 1 heterocycles. The molecular weight excluding hydrogens is 492 g/mol. The molecule has 1 amide bonds. The highest BCUT2D eigenvalue weighted by atomic mass is 35.5. The maximum atomic E-state index is 13.5. The maximum absolute atomic E-state index is 13.5. The summed E-state index contributed by atoms with van der Waals surface area (Å²) in [5.41, 5.74) is 3.59. The lowest BCUT2D eigenvalue weighted by Gasteiger charge is -2.22. The van der Waals surface area contributed by atoms with Crippen molar-refractivity contribution in [3.63, 3.8) is 0 Å². The van der Waals surface area contributed by atoms with E-state index >= 15 is 0 Å². The summed E-state index contributed by atoms with van der Waals surface area (Å²) in [4.78, 5) is 20.7. The second-order valence-electron chi connectivity index (χ2n) is 8.53. The summed E-state index contributed by atoms with van der Waals surface area (Å²) in [5.74, 6) is 1.07. The van der Waals surface area contributed by atoms with E-state index in [1.165, 1.54) is 11.8 Å². The third kappa shape index (κ3) is 5.77. The van der Waals surface area contributed by atoms with Gasteiger partial charge in [0.1, 0.15) is 6.61 Å². The summed E-state index contributed by atoms with van der Waals surface area (Å²) in [7, 11) is 1.60. The molecule has 5 nitrogen and oxygen atoms in total. The Hall–Kier alpha value is -3.22. The summed E-state index contributed by atoms with van der Waals surface area (Å²) in [6.07, 6.45) is 2.67. The second-order valence-corrected chi connectivity index (χ2v) is 9.95. The largest absolute Gasteiger partial charge is 0.493 e. The third-order valence-electron chi connectivity index (χ3n) is 5.97. The van der Waals surface area contributed by atoms with E-state index in [9.17, 15) is 4.79 Å². The number of halogens is 1. The fourth-order valence-electron chi connectivity index (χ4n) is 3.73. The standard InChI is InChI=1S/C29H29ClN2O3S/c1-5-20(3)32-28(33)26(36-29(32)31-23-15-13-19(2)14-16-23)17-21-10-8-12-25(34-4)27(21)35-18-22-9-6-7-11-24(22)30/h6-17,20H,5,18H2,1-4H3/b26-17+,31-29?/t20-/m1/s1. The Balaban J connectivity index is 1.69. The number of carbonyl (C=O) groups excluding carboxylic acids is 1. The van der Waals surface area contributed by atoms with Gasteiger partial charge < -0.3 is 9.47 Å². The van der Waals surface area contributed by atoms with E-state index in [0.29, 0.717) is 26.6 Å². The number of methoxy groups -OCH3 is 1. The molecule has 3 aromatic rings. The molecule has 0 aliphatic carbocycles. The zero-order chi connectivity index (χ0) is 25.7. The number of amides is 1. The summed E-state index contributed by atoms with van der Waals surface area (Å²) < 4.78 is 11.8.